The molecule has 0 saturated carbocycles. The third-order valence-corrected chi connectivity index (χ3v) is 7.12. The molecule has 1 aliphatic heterocycles. The Balaban J connectivity index is 1.35. The zero-order chi connectivity index (χ0) is 22.8. The number of furan rings is 1. The summed E-state index contributed by atoms with van der Waals surface area (Å²) < 4.78 is 10.8. The lowest BCUT2D eigenvalue weighted by Gasteiger charge is -2.37. The summed E-state index contributed by atoms with van der Waals surface area (Å²) in [6.07, 6.45) is 3.19. The van der Waals surface area contributed by atoms with Gasteiger partial charge in [-0.2, -0.15) is 0 Å². The Kier molecular flexibility index (Phi) is 5.87. The highest BCUT2D eigenvalue weighted by atomic mass is 32.1. The van der Waals surface area contributed by atoms with Crippen molar-refractivity contribution < 1.29 is 13.9 Å². The molecule has 0 bridgehead atoms. The first-order chi connectivity index (χ1) is 16.2. The average Bonchev–Trinajstić information content (AvgIpc) is 3.50. The lowest BCUT2D eigenvalue weighted by atomic mass is 10.1. The molecule has 0 radical (unpaired) electrons. The number of anilines is 2. The van der Waals surface area contributed by atoms with Crippen molar-refractivity contribution in [2.45, 2.75) is 13.5 Å². The minimum absolute atomic E-state index is 0.126. The Morgan fingerprint density at radius 1 is 1.12 bits per heavy atom. The van der Waals surface area contributed by atoms with Crippen molar-refractivity contribution in [2.24, 2.45) is 0 Å². The number of ether oxygens (including phenoxy) is 1. The van der Waals surface area contributed by atoms with Gasteiger partial charge in [-0.3, -0.25) is 4.79 Å². The van der Waals surface area contributed by atoms with E-state index in [1.54, 1.807) is 19.7 Å². The molecule has 33 heavy (non-hydrogen) atoms. The van der Waals surface area contributed by atoms with Crippen molar-refractivity contribution in [2.75, 3.05) is 43.1 Å². The summed E-state index contributed by atoms with van der Waals surface area (Å²) >= 11 is 1.40. The van der Waals surface area contributed by atoms with Crippen molar-refractivity contribution >= 4 is 39.0 Å². The average molecular weight is 464 g/mol. The number of benzene rings is 1. The zero-order valence-corrected chi connectivity index (χ0v) is 19.4. The molecule has 3 aromatic heterocycles. The van der Waals surface area contributed by atoms with E-state index in [0.29, 0.717) is 11.4 Å². The van der Waals surface area contributed by atoms with Crippen LogP contribution in [0.4, 0.5) is 11.5 Å². The minimum Gasteiger partial charge on any atom is -0.495 e. The number of nitrogens with one attached hydrogen (secondary N) is 1. The number of para-hydroxylation sites is 2. The SMILES string of the molecule is COc1ccccc1N1CCN(c2ncnc3sc(C(=O)NCc4ccco4)c(C)c23)CC1. The number of carbonyl (C=O) groups excluding carboxylic acids is 1. The van der Waals surface area contributed by atoms with E-state index in [1.807, 2.05) is 37.3 Å². The van der Waals surface area contributed by atoms with E-state index in [2.05, 4.69) is 31.2 Å². The summed E-state index contributed by atoms with van der Waals surface area (Å²) in [5, 5.41) is 3.89. The second-order valence-corrected chi connectivity index (χ2v) is 8.84. The van der Waals surface area contributed by atoms with Crippen LogP contribution in [0.25, 0.3) is 10.2 Å². The molecule has 0 spiro atoms. The fraction of sp³-hybridized carbons (Fsp3) is 0.292. The summed E-state index contributed by atoms with van der Waals surface area (Å²) in [7, 11) is 1.70. The molecule has 1 N–H and O–H groups in total. The van der Waals surface area contributed by atoms with Crippen LogP contribution in [0.5, 0.6) is 5.75 Å². The van der Waals surface area contributed by atoms with Crippen LogP contribution in [0.15, 0.2) is 53.4 Å². The maximum atomic E-state index is 12.9. The Hall–Kier alpha value is -3.59. The number of hydrogen-bond donors (Lipinski definition) is 1. The number of methoxy groups -OCH3 is 1. The van der Waals surface area contributed by atoms with Gasteiger partial charge in [-0.1, -0.05) is 12.1 Å². The molecule has 8 nitrogen and oxygen atoms in total. The quantitative estimate of drug-likeness (QED) is 0.465. The molecule has 1 aliphatic rings. The summed E-state index contributed by atoms with van der Waals surface area (Å²) in [5.41, 5.74) is 2.02. The molecule has 1 saturated heterocycles. The number of thiophene rings is 1. The fourth-order valence-electron chi connectivity index (χ4n) is 4.22. The van der Waals surface area contributed by atoms with Gasteiger partial charge in [-0.15, -0.1) is 11.3 Å². The molecular weight excluding hydrogens is 438 g/mol. The molecule has 170 valence electrons. The predicted octanol–water partition coefficient (Wildman–Crippen LogP) is 3.86. The Labute approximate surface area is 195 Å². The molecule has 0 atom stereocenters. The third-order valence-electron chi connectivity index (χ3n) is 5.92. The Morgan fingerprint density at radius 2 is 1.91 bits per heavy atom. The monoisotopic (exact) mass is 463 g/mol. The Morgan fingerprint density at radius 3 is 2.67 bits per heavy atom. The van der Waals surface area contributed by atoms with Gasteiger partial charge >= 0.3 is 0 Å². The van der Waals surface area contributed by atoms with Gasteiger partial charge in [0.2, 0.25) is 0 Å². The van der Waals surface area contributed by atoms with Crippen LogP contribution in [-0.4, -0.2) is 49.2 Å². The molecule has 5 rings (SSSR count). The standard InChI is InChI=1S/C24H25N5O3S/c1-16-20-22(29-11-9-28(10-12-29)18-7-3-4-8-19(18)31-2)26-15-27-24(20)33-21(16)23(30)25-14-17-6-5-13-32-17/h3-8,13,15H,9-12,14H2,1-2H3,(H,25,30). The minimum atomic E-state index is -0.126. The van der Waals surface area contributed by atoms with Crippen molar-refractivity contribution in [1.29, 1.82) is 0 Å². The molecule has 0 unspecified atom stereocenters. The van der Waals surface area contributed by atoms with E-state index in [-0.39, 0.29) is 5.91 Å². The van der Waals surface area contributed by atoms with Crippen LogP contribution < -0.4 is 19.9 Å². The summed E-state index contributed by atoms with van der Waals surface area (Å²) in [6, 6.07) is 11.7. The lowest BCUT2D eigenvalue weighted by molar-refractivity contribution is 0.0951. The molecule has 1 fully saturated rings. The van der Waals surface area contributed by atoms with Crippen molar-refractivity contribution in [1.82, 2.24) is 15.3 Å². The van der Waals surface area contributed by atoms with Crippen LogP contribution in [0.3, 0.4) is 0 Å². The summed E-state index contributed by atoms with van der Waals surface area (Å²) in [4.78, 5) is 28.0. The van der Waals surface area contributed by atoms with E-state index >= 15 is 0 Å². The number of carbonyl (C=O) groups is 1. The number of nitrogens with zero attached hydrogens (tertiary/aromatic N) is 4. The maximum Gasteiger partial charge on any atom is 0.262 e. The second kappa shape index (κ2) is 9.11. The zero-order valence-electron chi connectivity index (χ0n) is 18.6. The van der Waals surface area contributed by atoms with Crippen LogP contribution in [-0.2, 0) is 6.54 Å². The van der Waals surface area contributed by atoms with Gasteiger partial charge in [0.15, 0.2) is 0 Å². The highest BCUT2D eigenvalue weighted by molar-refractivity contribution is 7.20. The van der Waals surface area contributed by atoms with Gasteiger partial charge in [-0.05, 0) is 36.8 Å². The molecule has 0 aliphatic carbocycles. The van der Waals surface area contributed by atoms with Crippen LogP contribution in [0, 0.1) is 6.92 Å². The van der Waals surface area contributed by atoms with E-state index in [4.69, 9.17) is 9.15 Å². The van der Waals surface area contributed by atoms with Gasteiger partial charge in [0, 0.05) is 26.2 Å². The second-order valence-electron chi connectivity index (χ2n) is 7.84. The van der Waals surface area contributed by atoms with E-state index in [9.17, 15) is 4.79 Å². The first kappa shape index (κ1) is 21.3. The predicted molar refractivity (Wildman–Crippen MR) is 129 cm³/mol. The number of aryl methyl sites for hydroxylation is 1. The van der Waals surface area contributed by atoms with Gasteiger partial charge in [-0.25, -0.2) is 9.97 Å². The highest BCUT2D eigenvalue weighted by Crippen LogP contribution is 2.36. The molecular formula is C24H25N5O3S. The summed E-state index contributed by atoms with van der Waals surface area (Å²) in [6.45, 7) is 5.66. The van der Waals surface area contributed by atoms with Gasteiger partial charge in [0.25, 0.3) is 5.91 Å². The smallest absolute Gasteiger partial charge is 0.262 e. The van der Waals surface area contributed by atoms with Gasteiger partial charge in [0.05, 0.1) is 35.9 Å². The van der Waals surface area contributed by atoms with Crippen LogP contribution >= 0.6 is 11.3 Å². The number of hydrogen-bond acceptors (Lipinski definition) is 8. The molecule has 4 heterocycles. The topological polar surface area (TPSA) is 83.7 Å². The number of piperazine rings is 1. The number of fused-ring (bicyclic) bond motifs is 1. The molecule has 1 amide bonds. The molecule has 4 aromatic rings. The van der Waals surface area contributed by atoms with Crippen LogP contribution in [0.1, 0.15) is 21.0 Å². The maximum absolute atomic E-state index is 12.9. The molecule has 9 heteroatoms. The van der Waals surface area contributed by atoms with Crippen LogP contribution in [0.2, 0.25) is 0 Å². The molecule has 1 aromatic carbocycles. The normalized spacial score (nSPS) is 14.0. The lowest BCUT2D eigenvalue weighted by Crippen LogP contribution is -2.47. The Bertz CT molecular complexity index is 1260. The van der Waals surface area contributed by atoms with Gasteiger partial charge < -0.3 is 24.3 Å². The van der Waals surface area contributed by atoms with Crippen molar-refractivity contribution in [3.05, 3.63) is 65.2 Å². The fourth-order valence-corrected chi connectivity index (χ4v) is 5.28. The van der Waals surface area contributed by atoms with Crippen molar-refractivity contribution in [3.63, 3.8) is 0 Å². The van der Waals surface area contributed by atoms with E-state index < -0.39 is 0 Å². The van der Waals surface area contributed by atoms with E-state index in [1.165, 1.54) is 11.3 Å². The summed E-state index contributed by atoms with van der Waals surface area (Å²) in [5.74, 6) is 2.36. The van der Waals surface area contributed by atoms with Crippen molar-refractivity contribution in [3.8, 4) is 5.75 Å². The number of rotatable bonds is 6. The van der Waals surface area contributed by atoms with Gasteiger partial charge in [0.1, 0.15) is 28.5 Å². The van der Waals surface area contributed by atoms with E-state index in [0.717, 1.165) is 65.0 Å². The first-order valence-corrected chi connectivity index (χ1v) is 11.6. The first-order valence-electron chi connectivity index (χ1n) is 10.8. The number of amides is 1. The highest BCUT2D eigenvalue weighted by Gasteiger charge is 2.25. The number of aromatic nitrogens is 2. The third kappa shape index (κ3) is 4.11. The largest absolute Gasteiger partial charge is 0.495 e.